The molecule has 1 aliphatic rings. The highest BCUT2D eigenvalue weighted by molar-refractivity contribution is 7.10. The van der Waals surface area contributed by atoms with Gasteiger partial charge in [0.25, 0.3) is 0 Å². The van der Waals surface area contributed by atoms with E-state index < -0.39 is 0 Å². The zero-order chi connectivity index (χ0) is 11.4. The Balaban J connectivity index is 1.93. The van der Waals surface area contributed by atoms with E-state index in [1.165, 1.54) is 11.5 Å². The van der Waals surface area contributed by atoms with Crippen molar-refractivity contribution >= 4 is 16.5 Å². The van der Waals surface area contributed by atoms with Crippen molar-refractivity contribution in [2.75, 3.05) is 25.1 Å². The molecule has 1 aliphatic heterocycles. The Labute approximate surface area is 98.9 Å². The second-order valence-electron chi connectivity index (χ2n) is 3.83. The average molecular weight is 243 g/mol. The van der Waals surface area contributed by atoms with Crippen LogP contribution in [0, 0.1) is 0 Å². The van der Waals surface area contributed by atoms with Crippen molar-refractivity contribution in [3.05, 3.63) is 5.69 Å². The number of nitrogens with zero attached hydrogens (tertiary/aromatic N) is 3. The summed E-state index contributed by atoms with van der Waals surface area (Å²) < 4.78 is 9.51. The van der Waals surface area contributed by atoms with Gasteiger partial charge in [-0.15, -0.1) is 5.10 Å². The monoisotopic (exact) mass is 243 g/mol. The smallest absolute Gasteiger partial charge is 0.148 e. The van der Waals surface area contributed by atoms with Crippen LogP contribution in [0.5, 0.6) is 0 Å². The van der Waals surface area contributed by atoms with E-state index >= 15 is 0 Å². The van der Waals surface area contributed by atoms with Crippen molar-refractivity contribution in [3.63, 3.8) is 0 Å². The first-order valence-corrected chi connectivity index (χ1v) is 6.22. The maximum Gasteiger partial charge on any atom is 0.148 e. The van der Waals surface area contributed by atoms with Crippen LogP contribution in [-0.4, -0.2) is 40.3 Å². The molecular weight excluding hydrogens is 226 g/mol. The van der Waals surface area contributed by atoms with Gasteiger partial charge in [-0.2, -0.15) is 0 Å². The second kappa shape index (κ2) is 5.53. The Morgan fingerprint density at radius 1 is 1.69 bits per heavy atom. The molecule has 1 aromatic rings. The minimum absolute atomic E-state index is 0.342. The number of hydrogen-bond donors (Lipinski definition) is 2. The number of hydrazine groups is 1. The van der Waals surface area contributed by atoms with Gasteiger partial charge in [0.1, 0.15) is 10.7 Å². The van der Waals surface area contributed by atoms with Crippen LogP contribution in [-0.2, 0) is 11.3 Å². The normalized spacial score (nSPS) is 22.2. The molecule has 90 valence electrons. The lowest BCUT2D eigenvalue weighted by Gasteiger charge is -2.31. The molecule has 6 nitrogen and oxygen atoms in total. The first-order valence-electron chi connectivity index (χ1n) is 5.45. The summed E-state index contributed by atoms with van der Waals surface area (Å²) in [6, 6.07) is 0. The van der Waals surface area contributed by atoms with Gasteiger partial charge >= 0.3 is 0 Å². The van der Waals surface area contributed by atoms with Gasteiger partial charge in [0.05, 0.1) is 12.7 Å². The molecule has 0 bridgehead atoms. The lowest BCUT2D eigenvalue weighted by atomic mass is 10.2. The van der Waals surface area contributed by atoms with E-state index in [1.807, 2.05) is 0 Å². The van der Waals surface area contributed by atoms with Gasteiger partial charge in [-0.3, -0.25) is 4.90 Å². The molecule has 1 saturated heterocycles. The maximum absolute atomic E-state index is 5.62. The van der Waals surface area contributed by atoms with Crippen molar-refractivity contribution < 1.29 is 4.74 Å². The minimum atomic E-state index is 0.342. The average Bonchev–Trinajstić information content (AvgIpc) is 2.76. The summed E-state index contributed by atoms with van der Waals surface area (Å²) in [5, 5.41) is 4.92. The Hall–Kier alpha value is -0.760. The van der Waals surface area contributed by atoms with Crippen LogP contribution in [0.25, 0.3) is 0 Å². The fourth-order valence-corrected chi connectivity index (χ4v) is 2.29. The summed E-state index contributed by atoms with van der Waals surface area (Å²) in [6.45, 7) is 5.62. The summed E-state index contributed by atoms with van der Waals surface area (Å²) in [7, 11) is 0. The predicted octanol–water partition coefficient (Wildman–Crippen LogP) is 0.435. The fourth-order valence-electron chi connectivity index (χ4n) is 1.80. The molecule has 2 rings (SSSR count). The number of hydrogen-bond acceptors (Lipinski definition) is 7. The minimum Gasteiger partial charge on any atom is -0.376 e. The molecule has 0 spiro atoms. The topological polar surface area (TPSA) is 76.3 Å². The SMILES string of the molecule is CCC1CN(Cc2nnsc2NN)CCO1. The highest BCUT2D eigenvalue weighted by Crippen LogP contribution is 2.19. The summed E-state index contributed by atoms with van der Waals surface area (Å²) in [5.41, 5.74) is 3.55. The Kier molecular flexibility index (Phi) is 4.05. The van der Waals surface area contributed by atoms with E-state index in [0.717, 1.165) is 43.4 Å². The quantitative estimate of drug-likeness (QED) is 0.590. The lowest BCUT2D eigenvalue weighted by molar-refractivity contribution is -0.0327. The highest BCUT2D eigenvalue weighted by atomic mass is 32.1. The van der Waals surface area contributed by atoms with Gasteiger partial charge in [-0.05, 0) is 6.42 Å². The van der Waals surface area contributed by atoms with Crippen molar-refractivity contribution in [2.45, 2.75) is 26.0 Å². The molecule has 1 fully saturated rings. The molecule has 1 aromatic heterocycles. The predicted molar refractivity (Wildman–Crippen MR) is 63.0 cm³/mol. The van der Waals surface area contributed by atoms with Gasteiger partial charge in [0.2, 0.25) is 0 Å². The third-order valence-electron chi connectivity index (χ3n) is 2.74. The van der Waals surface area contributed by atoms with E-state index in [0.29, 0.717) is 6.10 Å². The van der Waals surface area contributed by atoms with E-state index in [2.05, 4.69) is 26.8 Å². The van der Waals surface area contributed by atoms with Gasteiger partial charge in [-0.25, -0.2) is 5.84 Å². The second-order valence-corrected chi connectivity index (χ2v) is 4.58. The number of anilines is 1. The molecule has 0 radical (unpaired) electrons. The number of aromatic nitrogens is 2. The van der Waals surface area contributed by atoms with Crippen LogP contribution in [0.4, 0.5) is 5.00 Å². The van der Waals surface area contributed by atoms with E-state index in [1.54, 1.807) is 0 Å². The van der Waals surface area contributed by atoms with Crippen LogP contribution >= 0.6 is 11.5 Å². The molecule has 2 heterocycles. The van der Waals surface area contributed by atoms with Crippen molar-refractivity contribution in [3.8, 4) is 0 Å². The summed E-state index contributed by atoms with van der Waals surface area (Å²) >= 11 is 1.29. The van der Waals surface area contributed by atoms with E-state index in [4.69, 9.17) is 10.6 Å². The molecular formula is C9H17N5OS. The third kappa shape index (κ3) is 2.67. The van der Waals surface area contributed by atoms with Crippen LogP contribution in [0.1, 0.15) is 19.0 Å². The lowest BCUT2D eigenvalue weighted by Crippen LogP contribution is -2.41. The third-order valence-corrected chi connectivity index (χ3v) is 3.44. The van der Waals surface area contributed by atoms with Crippen LogP contribution in [0.2, 0.25) is 0 Å². The van der Waals surface area contributed by atoms with Gasteiger partial charge in [0, 0.05) is 31.2 Å². The Morgan fingerprint density at radius 2 is 2.56 bits per heavy atom. The molecule has 0 amide bonds. The van der Waals surface area contributed by atoms with Crippen LogP contribution in [0.3, 0.4) is 0 Å². The molecule has 1 atom stereocenters. The molecule has 0 aromatic carbocycles. The number of nitrogens with one attached hydrogen (secondary N) is 1. The molecule has 0 aliphatic carbocycles. The maximum atomic E-state index is 5.62. The molecule has 7 heteroatoms. The number of nitrogen functional groups attached to an aromatic ring is 1. The number of ether oxygens (including phenoxy) is 1. The molecule has 16 heavy (non-hydrogen) atoms. The number of rotatable bonds is 4. The first-order chi connectivity index (χ1) is 7.83. The first kappa shape index (κ1) is 11.7. The van der Waals surface area contributed by atoms with Crippen molar-refractivity contribution in [2.24, 2.45) is 5.84 Å². The Morgan fingerprint density at radius 3 is 3.31 bits per heavy atom. The van der Waals surface area contributed by atoms with Crippen LogP contribution < -0.4 is 11.3 Å². The summed E-state index contributed by atoms with van der Waals surface area (Å²) in [6.07, 6.45) is 1.39. The number of morpholine rings is 1. The summed E-state index contributed by atoms with van der Waals surface area (Å²) in [5.74, 6) is 5.39. The molecule has 0 saturated carbocycles. The number of nitrogens with two attached hydrogens (primary N) is 1. The fraction of sp³-hybridized carbons (Fsp3) is 0.778. The van der Waals surface area contributed by atoms with E-state index in [9.17, 15) is 0 Å². The molecule has 3 N–H and O–H groups in total. The standard InChI is InChI=1S/C9H17N5OS/c1-2-7-5-14(3-4-15-7)6-8-9(11-10)16-13-12-8/h7,11H,2-6,10H2,1H3. The van der Waals surface area contributed by atoms with Gasteiger partial charge < -0.3 is 10.2 Å². The molecule has 1 unspecified atom stereocenters. The zero-order valence-electron chi connectivity index (χ0n) is 9.35. The van der Waals surface area contributed by atoms with Crippen molar-refractivity contribution in [1.82, 2.24) is 14.5 Å². The van der Waals surface area contributed by atoms with Crippen molar-refractivity contribution in [1.29, 1.82) is 0 Å². The van der Waals surface area contributed by atoms with Gasteiger partial charge in [-0.1, -0.05) is 11.4 Å². The van der Waals surface area contributed by atoms with Gasteiger partial charge in [0.15, 0.2) is 0 Å². The summed E-state index contributed by atoms with van der Waals surface area (Å²) in [4.78, 5) is 2.33. The van der Waals surface area contributed by atoms with E-state index in [-0.39, 0.29) is 0 Å². The Bertz CT molecular complexity index is 331. The van der Waals surface area contributed by atoms with Crippen LogP contribution in [0.15, 0.2) is 0 Å². The largest absolute Gasteiger partial charge is 0.376 e. The highest BCUT2D eigenvalue weighted by Gasteiger charge is 2.20. The zero-order valence-corrected chi connectivity index (χ0v) is 10.2.